The summed E-state index contributed by atoms with van der Waals surface area (Å²) in [6.07, 6.45) is 7.37. The normalized spacial score (nSPS) is 26.8. The van der Waals surface area contributed by atoms with Crippen molar-refractivity contribution < 1.29 is 0 Å². The largest absolute Gasteiger partial charge is 0.356 e. The molecule has 138 valence electrons. The average molecular weight is 352 g/mol. The molecule has 2 atom stereocenters. The Morgan fingerprint density at radius 2 is 1.58 bits per heavy atom. The Morgan fingerprint density at radius 1 is 0.885 bits per heavy atom. The quantitative estimate of drug-likeness (QED) is 0.850. The number of fused-ring (bicyclic) bond motifs is 1. The molecule has 3 fully saturated rings. The molecule has 6 heteroatoms. The number of anilines is 1. The van der Waals surface area contributed by atoms with E-state index in [1.807, 2.05) is 11.6 Å². The topological polar surface area (TPSA) is 50.1 Å². The first-order chi connectivity index (χ1) is 12.7. The fourth-order valence-corrected chi connectivity index (χ4v) is 5.27. The van der Waals surface area contributed by atoms with Crippen molar-refractivity contribution in [1.29, 1.82) is 0 Å². The van der Waals surface area contributed by atoms with Crippen LogP contribution in [0.2, 0.25) is 0 Å². The summed E-state index contributed by atoms with van der Waals surface area (Å²) in [7, 11) is 0. The van der Waals surface area contributed by atoms with Crippen LogP contribution >= 0.6 is 0 Å². The molecule has 2 saturated heterocycles. The lowest BCUT2D eigenvalue weighted by Crippen LogP contribution is -2.35. The maximum Gasteiger partial charge on any atom is 0.159 e. The van der Waals surface area contributed by atoms with Gasteiger partial charge in [0.25, 0.3) is 0 Å². The van der Waals surface area contributed by atoms with Gasteiger partial charge in [0.05, 0.1) is 5.69 Å². The van der Waals surface area contributed by atoms with E-state index in [0.29, 0.717) is 0 Å². The predicted octanol–water partition coefficient (Wildman–Crippen LogP) is 2.59. The number of hydrogen-bond acceptors (Lipinski definition) is 5. The molecular weight excluding hydrogens is 324 g/mol. The van der Waals surface area contributed by atoms with Crippen molar-refractivity contribution in [2.24, 2.45) is 11.8 Å². The maximum atomic E-state index is 4.57. The Labute approximate surface area is 155 Å². The first-order valence-electron chi connectivity index (χ1n) is 10.0. The molecular formula is C20H28N6. The summed E-state index contributed by atoms with van der Waals surface area (Å²) in [6, 6.07) is 5.04. The van der Waals surface area contributed by atoms with E-state index >= 15 is 0 Å². The molecule has 4 heterocycles. The van der Waals surface area contributed by atoms with Crippen LogP contribution in [0, 0.1) is 25.7 Å². The standard InChI is InChI=1S/C20H28N6/c1-14-7-15(2)26(23-14)20-8-19(21-13-22-20)25-11-16-9-24(10-17(16)12-25)18-5-3-4-6-18/h7-8,13,16-18H,3-6,9-12H2,1-2H3. The lowest BCUT2D eigenvalue weighted by Gasteiger charge is -2.26. The van der Waals surface area contributed by atoms with E-state index in [4.69, 9.17) is 0 Å². The summed E-state index contributed by atoms with van der Waals surface area (Å²) in [5.41, 5.74) is 2.13. The minimum atomic E-state index is 0.794. The lowest BCUT2D eigenvalue weighted by molar-refractivity contribution is 0.231. The molecule has 1 aliphatic carbocycles. The smallest absolute Gasteiger partial charge is 0.159 e. The van der Waals surface area contributed by atoms with Gasteiger partial charge in [-0.15, -0.1) is 0 Å². The van der Waals surface area contributed by atoms with Crippen LogP contribution in [0.15, 0.2) is 18.5 Å². The number of likely N-dealkylation sites (tertiary alicyclic amines) is 1. The molecule has 6 nitrogen and oxygen atoms in total. The molecule has 0 spiro atoms. The molecule has 0 radical (unpaired) electrons. The molecule has 0 N–H and O–H groups in total. The molecule has 0 bridgehead atoms. The molecule has 1 saturated carbocycles. The zero-order valence-corrected chi connectivity index (χ0v) is 15.8. The van der Waals surface area contributed by atoms with Gasteiger partial charge in [-0.1, -0.05) is 12.8 Å². The van der Waals surface area contributed by atoms with Gasteiger partial charge in [0.15, 0.2) is 5.82 Å². The van der Waals surface area contributed by atoms with Crippen molar-refractivity contribution in [2.45, 2.75) is 45.6 Å². The van der Waals surface area contributed by atoms with Crippen molar-refractivity contribution in [2.75, 3.05) is 31.1 Å². The van der Waals surface area contributed by atoms with Crippen LogP contribution in [-0.4, -0.2) is 56.9 Å². The number of aromatic nitrogens is 4. The third-order valence-corrected chi connectivity index (χ3v) is 6.54. The molecule has 2 aromatic heterocycles. The van der Waals surface area contributed by atoms with Gasteiger partial charge in [-0.2, -0.15) is 5.10 Å². The number of hydrogen-bond donors (Lipinski definition) is 0. The van der Waals surface area contributed by atoms with Gasteiger partial charge in [0.2, 0.25) is 0 Å². The first-order valence-corrected chi connectivity index (χ1v) is 10.0. The minimum Gasteiger partial charge on any atom is -0.356 e. The molecule has 2 aromatic rings. The van der Waals surface area contributed by atoms with Crippen molar-refractivity contribution in [3.63, 3.8) is 0 Å². The van der Waals surface area contributed by atoms with Crippen molar-refractivity contribution in [3.05, 3.63) is 29.8 Å². The van der Waals surface area contributed by atoms with Gasteiger partial charge in [0.1, 0.15) is 12.1 Å². The summed E-state index contributed by atoms with van der Waals surface area (Å²) in [4.78, 5) is 14.2. The van der Waals surface area contributed by atoms with Gasteiger partial charge < -0.3 is 4.90 Å². The minimum absolute atomic E-state index is 0.794. The van der Waals surface area contributed by atoms with Crippen LogP contribution in [0.3, 0.4) is 0 Å². The van der Waals surface area contributed by atoms with E-state index in [9.17, 15) is 0 Å². The van der Waals surface area contributed by atoms with Crippen LogP contribution in [0.4, 0.5) is 5.82 Å². The van der Waals surface area contributed by atoms with Crippen LogP contribution in [0.25, 0.3) is 5.82 Å². The van der Waals surface area contributed by atoms with E-state index in [-0.39, 0.29) is 0 Å². The summed E-state index contributed by atoms with van der Waals surface area (Å²) >= 11 is 0. The van der Waals surface area contributed by atoms with Crippen molar-refractivity contribution in [3.8, 4) is 5.82 Å². The predicted molar refractivity (Wildman–Crippen MR) is 102 cm³/mol. The highest BCUT2D eigenvalue weighted by molar-refractivity contribution is 5.45. The van der Waals surface area contributed by atoms with Gasteiger partial charge in [-0.25, -0.2) is 14.6 Å². The second kappa shape index (κ2) is 6.34. The van der Waals surface area contributed by atoms with Gasteiger partial charge in [-0.3, -0.25) is 4.90 Å². The second-order valence-corrected chi connectivity index (χ2v) is 8.39. The Kier molecular flexibility index (Phi) is 3.96. The van der Waals surface area contributed by atoms with Crippen LogP contribution in [0.1, 0.15) is 37.1 Å². The zero-order valence-electron chi connectivity index (χ0n) is 15.8. The molecule has 3 aliphatic rings. The third-order valence-electron chi connectivity index (χ3n) is 6.54. The molecule has 2 aliphatic heterocycles. The monoisotopic (exact) mass is 352 g/mol. The Morgan fingerprint density at radius 3 is 2.23 bits per heavy atom. The first kappa shape index (κ1) is 16.2. The Hall–Kier alpha value is -1.95. The Bertz CT molecular complexity index is 779. The van der Waals surface area contributed by atoms with Crippen LogP contribution < -0.4 is 4.90 Å². The summed E-state index contributed by atoms with van der Waals surface area (Å²) < 4.78 is 1.92. The zero-order chi connectivity index (χ0) is 17.7. The molecule has 26 heavy (non-hydrogen) atoms. The summed E-state index contributed by atoms with van der Waals surface area (Å²) in [5.74, 6) is 3.50. The third kappa shape index (κ3) is 2.80. The van der Waals surface area contributed by atoms with E-state index in [2.05, 4.69) is 43.9 Å². The Balaban J connectivity index is 1.30. The van der Waals surface area contributed by atoms with E-state index in [1.165, 1.54) is 38.8 Å². The number of nitrogens with zero attached hydrogens (tertiary/aromatic N) is 6. The molecule has 2 unspecified atom stereocenters. The molecule has 0 amide bonds. The molecule has 0 aromatic carbocycles. The number of rotatable bonds is 3. The number of aryl methyl sites for hydroxylation is 2. The fourth-order valence-electron chi connectivity index (χ4n) is 5.27. The van der Waals surface area contributed by atoms with Crippen molar-refractivity contribution >= 4 is 5.82 Å². The van der Waals surface area contributed by atoms with Gasteiger partial charge >= 0.3 is 0 Å². The SMILES string of the molecule is Cc1cc(C)n(-c2cc(N3CC4CN(C5CCCC5)CC4C3)ncn2)n1. The summed E-state index contributed by atoms with van der Waals surface area (Å²) in [5, 5.41) is 4.56. The average Bonchev–Trinajstić information content (AvgIpc) is 3.37. The van der Waals surface area contributed by atoms with Crippen molar-refractivity contribution in [1.82, 2.24) is 24.6 Å². The van der Waals surface area contributed by atoms with Crippen LogP contribution in [0.5, 0.6) is 0 Å². The van der Waals surface area contributed by atoms with Crippen LogP contribution in [-0.2, 0) is 0 Å². The second-order valence-electron chi connectivity index (χ2n) is 8.39. The molecule has 5 rings (SSSR count). The fraction of sp³-hybridized carbons (Fsp3) is 0.650. The van der Waals surface area contributed by atoms with E-state index in [1.54, 1.807) is 6.33 Å². The lowest BCUT2D eigenvalue weighted by atomic mass is 10.0. The maximum absolute atomic E-state index is 4.57. The highest BCUT2D eigenvalue weighted by Crippen LogP contribution is 2.37. The highest BCUT2D eigenvalue weighted by Gasteiger charge is 2.42. The van der Waals surface area contributed by atoms with E-state index < -0.39 is 0 Å². The van der Waals surface area contributed by atoms with E-state index in [0.717, 1.165) is 54.0 Å². The van der Waals surface area contributed by atoms with Gasteiger partial charge in [-0.05, 0) is 44.6 Å². The highest BCUT2D eigenvalue weighted by atomic mass is 15.3. The van der Waals surface area contributed by atoms with Gasteiger partial charge in [0, 0.05) is 44.0 Å². The summed E-state index contributed by atoms with van der Waals surface area (Å²) in [6.45, 7) is 8.90.